The van der Waals surface area contributed by atoms with E-state index in [0.717, 1.165) is 24.0 Å². The van der Waals surface area contributed by atoms with Crippen molar-refractivity contribution in [2.45, 2.75) is 38.3 Å². The van der Waals surface area contributed by atoms with E-state index in [2.05, 4.69) is 20.8 Å². The Morgan fingerprint density at radius 1 is 1.42 bits per heavy atom. The summed E-state index contributed by atoms with van der Waals surface area (Å²) in [4.78, 5) is 11.5. The molecule has 1 saturated carbocycles. The number of hydrogen-bond acceptors (Lipinski definition) is 4. The molecular formula is C19H22FN5O. The van der Waals surface area contributed by atoms with Gasteiger partial charge in [-0.3, -0.25) is 9.89 Å². The molecule has 7 heteroatoms. The summed E-state index contributed by atoms with van der Waals surface area (Å²) in [7, 11) is 0. The first kappa shape index (κ1) is 18.1. The van der Waals surface area contributed by atoms with Crippen molar-refractivity contribution >= 4 is 5.91 Å². The molecule has 2 fully saturated rings. The molecule has 3 N–H and O–H groups in total. The third-order valence-corrected chi connectivity index (χ3v) is 4.99. The van der Waals surface area contributed by atoms with E-state index in [4.69, 9.17) is 5.26 Å². The van der Waals surface area contributed by atoms with E-state index >= 15 is 0 Å². The number of benzene rings is 1. The van der Waals surface area contributed by atoms with Crippen molar-refractivity contribution in [3.8, 4) is 17.2 Å². The van der Waals surface area contributed by atoms with Crippen molar-refractivity contribution in [1.82, 2.24) is 20.8 Å². The smallest absolute Gasteiger partial charge is 0.238 e. The van der Waals surface area contributed by atoms with Crippen LogP contribution in [0.25, 0.3) is 11.1 Å². The lowest BCUT2D eigenvalue weighted by atomic mass is 9.99. The zero-order chi connectivity index (χ0) is 18.5. The highest BCUT2D eigenvalue weighted by atomic mass is 19.1. The van der Waals surface area contributed by atoms with E-state index in [1.165, 1.54) is 12.5 Å². The second-order valence-electron chi connectivity index (χ2n) is 6.74. The third-order valence-electron chi connectivity index (χ3n) is 4.99. The van der Waals surface area contributed by atoms with Gasteiger partial charge in [-0.05, 0) is 49.3 Å². The fourth-order valence-electron chi connectivity index (χ4n) is 3.57. The minimum absolute atomic E-state index is 0.00579. The van der Waals surface area contributed by atoms with Crippen molar-refractivity contribution in [1.29, 1.82) is 5.26 Å². The SMILES string of the molecule is Cc1ccc(-c2cn[nH]c2)cc1F.N#CCNC(=O)[C@H]1N[C@@H]2CCC1C2. The topological polar surface area (TPSA) is 93.6 Å². The number of amides is 1. The lowest BCUT2D eigenvalue weighted by Crippen LogP contribution is -2.47. The van der Waals surface area contributed by atoms with Gasteiger partial charge in [-0.15, -0.1) is 0 Å². The maximum absolute atomic E-state index is 13.1. The van der Waals surface area contributed by atoms with Crippen LogP contribution in [0.5, 0.6) is 0 Å². The average molecular weight is 355 g/mol. The summed E-state index contributed by atoms with van der Waals surface area (Å²) in [5.74, 6) is 0.316. The number of piperidine rings is 1. The third kappa shape index (κ3) is 4.09. The van der Waals surface area contributed by atoms with Gasteiger partial charge in [0.05, 0.1) is 18.3 Å². The minimum Gasteiger partial charge on any atom is -0.342 e. The van der Waals surface area contributed by atoms with Gasteiger partial charge in [0.2, 0.25) is 5.91 Å². The Labute approximate surface area is 151 Å². The van der Waals surface area contributed by atoms with E-state index in [9.17, 15) is 9.18 Å². The van der Waals surface area contributed by atoms with Crippen molar-refractivity contribution in [3.63, 3.8) is 0 Å². The molecule has 136 valence electrons. The van der Waals surface area contributed by atoms with Gasteiger partial charge in [-0.1, -0.05) is 12.1 Å². The molecule has 0 radical (unpaired) electrons. The minimum atomic E-state index is -0.182. The molecule has 2 aliphatic rings. The molecule has 4 rings (SSSR count). The first-order chi connectivity index (χ1) is 12.6. The van der Waals surface area contributed by atoms with Gasteiger partial charge in [0.1, 0.15) is 12.4 Å². The van der Waals surface area contributed by atoms with Crippen LogP contribution in [0.2, 0.25) is 0 Å². The number of aromatic amines is 1. The van der Waals surface area contributed by atoms with Crippen LogP contribution in [0, 0.1) is 30.0 Å². The lowest BCUT2D eigenvalue weighted by Gasteiger charge is -2.21. The highest BCUT2D eigenvalue weighted by Crippen LogP contribution is 2.35. The number of nitriles is 1. The molecule has 1 saturated heterocycles. The van der Waals surface area contributed by atoms with Gasteiger partial charge in [-0.2, -0.15) is 10.4 Å². The Hall–Kier alpha value is -2.72. The van der Waals surface area contributed by atoms with Crippen molar-refractivity contribution in [2.75, 3.05) is 6.54 Å². The predicted octanol–water partition coefficient (Wildman–Crippen LogP) is 2.29. The standard InChI is InChI=1S/C10H9FN2.C9H13N3O/c1-7-2-3-8(4-10(7)11)9-5-12-13-6-9;10-3-4-11-9(13)8-6-1-2-7(5-6)12-8/h2-6H,1H3,(H,12,13);6-8,12H,1-2,4-5H2,(H,11,13)/t;6?,7-,8+/m.1/s1. The van der Waals surface area contributed by atoms with Crippen LogP contribution in [0.3, 0.4) is 0 Å². The maximum atomic E-state index is 13.1. The van der Waals surface area contributed by atoms with Crippen LogP contribution < -0.4 is 10.6 Å². The normalized spacial score (nSPS) is 23.0. The molecule has 2 heterocycles. The van der Waals surface area contributed by atoms with Crippen LogP contribution in [-0.2, 0) is 4.79 Å². The summed E-state index contributed by atoms with van der Waals surface area (Å²) in [6, 6.07) is 7.57. The number of fused-ring (bicyclic) bond motifs is 2. The highest BCUT2D eigenvalue weighted by molar-refractivity contribution is 5.82. The summed E-state index contributed by atoms with van der Waals surface area (Å²) >= 11 is 0. The predicted molar refractivity (Wildman–Crippen MR) is 95.4 cm³/mol. The monoisotopic (exact) mass is 355 g/mol. The van der Waals surface area contributed by atoms with E-state index < -0.39 is 0 Å². The molecule has 6 nitrogen and oxygen atoms in total. The summed E-state index contributed by atoms with van der Waals surface area (Å²) in [5.41, 5.74) is 2.41. The highest BCUT2D eigenvalue weighted by Gasteiger charge is 2.42. The first-order valence-corrected chi connectivity index (χ1v) is 8.74. The number of carbonyl (C=O) groups excluding carboxylic acids is 1. The molecule has 0 spiro atoms. The summed E-state index contributed by atoms with van der Waals surface area (Å²) in [6.45, 7) is 1.86. The van der Waals surface area contributed by atoms with Gasteiger partial charge < -0.3 is 10.6 Å². The number of nitrogens with one attached hydrogen (secondary N) is 3. The van der Waals surface area contributed by atoms with Gasteiger partial charge >= 0.3 is 0 Å². The Bertz CT molecular complexity index is 799. The molecule has 1 aliphatic heterocycles. The number of aromatic nitrogens is 2. The van der Waals surface area contributed by atoms with Crippen molar-refractivity contribution in [3.05, 3.63) is 42.0 Å². The van der Waals surface area contributed by atoms with Crippen LogP contribution >= 0.6 is 0 Å². The molecule has 2 bridgehead atoms. The number of aryl methyl sites for hydroxylation is 1. The van der Waals surface area contributed by atoms with Crippen LogP contribution in [0.15, 0.2) is 30.6 Å². The summed E-state index contributed by atoms with van der Waals surface area (Å²) < 4.78 is 13.1. The number of H-pyrrole nitrogens is 1. The molecule has 1 aliphatic carbocycles. The lowest BCUT2D eigenvalue weighted by molar-refractivity contribution is -0.123. The van der Waals surface area contributed by atoms with Gasteiger partial charge in [0.25, 0.3) is 0 Å². The van der Waals surface area contributed by atoms with E-state index in [1.54, 1.807) is 25.4 Å². The van der Waals surface area contributed by atoms with Crippen LogP contribution in [0.1, 0.15) is 24.8 Å². The fourth-order valence-corrected chi connectivity index (χ4v) is 3.57. The largest absolute Gasteiger partial charge is 0.342 e. The second-order valence-corrected chi connectivity index (χ2v) is 6.74. The Morgan fingerprint density at radius 2 is 2.27 bits per heavy atom. The zero-order valence-electron chi connectivity index (χ0n) is 14.6. The Morgan fingerprint density at radius 3 is 2.85 bits per heavy atom. The number of nitrogens with zero attached hydrogens (tertiary/aromatic N) is 2. The van der Waals surface area contributed by atoms with Crippen molar-refractivity contribution in [2.24, 2.45) is 5.92 Å². The molecule has 26 heavy (non-hydrogen) atoms. The second kappa shape index (κ2) is 8.11. The molecule has 3 atom stereocenters. The molecule has 2 aromatic rings. The fraction of sp³-hybridized carbons (Fsp3) is 0.421. The van der Waals surface area contributed by atoms with Crippen LogP contribution in [0.4, 0.5) is 4.39 Å². The molecular weight excluding hydrogens is 333 g/mol. The molecule has 1 aromatic heterocycles. The van der Waals surface area contributed by atoms with Crippen molar-refractivity contribution < 1.29 is 9.18 Å². The maximum Gasteiger partial charge on any atom is 0.238 e. The van der Waals surface area contributed by atoms with E-state index in [0.29, 0.717) is 17.5 Å². The summed E-state index contributed by atoms with van der Waals surface area (Å²) in [6.07, 6.45) is 6.90. The van der Waals surface area contributed by atoms with Crippen LogP contribution in [-0.4, -0.2) is 34.7 Å². The molecule has 1 amide bonds. The first-order valence-electron chi connectivity index (χ1n) is 8.74. The van der Waals surface area contributed by atoms with E-state index in [-0.39, 0.29) is 24.3 Å². The van der Waals surface area contributed by atoms with Gasteiger partial charge in [-0.25, -0.2) is 4.39 Å². The molecule has 1 unspecified atom stereocenters. The number of halogens is 1. The number of rotatable bonds is 3. The summed E-state index contributed by atoms with van der Waals surface area (Å²) in [5, 5.41) is 20.7. The molecule has 1 aromatic carbocycles. The van der Waals surface area contributed by atoms with E-state index in [1.807, 2.05) is 12.1 Å². The Kier molecular flexibility index (Phi) is 5.64. The zero-order valence-corrected chi connectivity index (χ0v) is 14.6. The van der Waals surface area contributed by atoms with Gasteiger partial charge in [0.15, 0.2) is 0 Å². The number of hydrogen-bond donors (Lipinski definition) is 3. The van der Waals surface area contributed by atoms with Gasteiger partial charge in [0, 0.05) is 17.8 Å². The Balaban J connectivity index is 0.000000151. The average Bonchev–Trinajstić information content (AvgIpc) is 3.40. The quantitative estimate of drug-likeness (QED) is 0.737. The number of carbonyl (C=O) groups is 1.